The number of hydrogen-bond donors (Lipinski definition) is 0. The van der Waals surface area contributed by atoms with Crippen molar-refractivity contribution in [1.29, 1.82) is 0 Å². The second-order valence-corrected chi connectivity index (χ2v) is 3.44. The van der Waals surface area contributed by atoms with Gasteiger partial charge in [-0.1, -0.05) is 31.9 Å². The highest BCUT2D eigenvalue weighted by Crippen LogP contribution is 2.08. The van der Waals surface area contributed by atoms with Gasteiger partial charge in [-0.05, 0) is 30.5 Å². The number of carbonyl (C=O) groups excluding carboxylic acids is 1. The highest BCUT2D eigenvalue weighted by atomic mass is 16.4. The van der Waals surface area contributed by atoms with Gasteiger partial charge in [0.05, 0.1) is 5.56 Å². The Kier molecular flexibility index (Phi) is 4.17. The first-order valence-electron chi connectivity index (χ1n) is 5.04. The van der Waals surface area contributed by atoms with E-state index in [1.165, 1.54) is 24.8 Å². The second kappa shape index (κ2) is 5.43. The Hall–Kier alpha value is -1.31. The molecule has 1 aromatic carbocycles. The summed E-state index contributed by atoms with van der Waals surface area (Å²) in [6.45, 7) is 2.17. The molecule has 1 aromatic rings. The van der Waals surface area contributed by atoms with Gasteiger partial charge in [-0.3, -0.25) is 0 Å². The third-order valence-electron chi connectivity index (χ3n) is 2.26. The number of aryl methyl sites for hydroxylation is 1. The number of rotatable bonds is 5. The van der Waals surface area contributed by atoms with Crippen molar-refractivity contribution in [2.45, 2.75) is 32.6 Å². The summed E-state index contributed by atoms with van der Waals surface area (Å²) in [5.74, 6) is -1.11. The fraction of sp³-hybridized carbons (Fsp3) is 0.417. The Morgan fingerprint density at radius 2 is 1.79 bits per heavy atom. The topological polar surface area (TPSA) is 37.0 Å². The quantitative estimate of drug-likeness (QED) is 0.659. The molecule has 0 spiro atoms. The van der Waals surface area contributed by atoms with Gasteiger partial charge in [0.1, 0.15) is 0 Å². The third-order valence-corrected chi connectivity index (χ3v) is 2.26. The van der Waals surface area contributed by atoms with E-state index in [1.807, 2.05) is 12.1 Å². The van der Waals surface area contributed by atoms with E-state index in [-0.39, 0.29) is 5.56 Å². The molecule has 0 aliphatic heterocycles. The van der Waals surface area contributed by atoms with Crippen LogP contribution < -0.4 is 0 Å². The molecular formula is C12H15O2. The number of benzene rings is 1. The third kappa shape index (κ3) is 3.21. The number of carbonyl (C=O) groups is 1. The van der Waals surface area contributed by atoms with E-state index in [1.54, 1.807) is 12.1 Å². The van der Waals surface area contributed by atoms with E-state index in [0.717, 1.165) is 6.42 Å². The molecule has 0 aliphatic rings. The summed E-state index contributed by atoms with van der Waals surface area (Å²) in [5.41, 5.74) is 1.45. The van der Waals surface area contributed by atoms with Crippen molar-refractivity contribution in [3.05, 3.63) is 35.4 Å². The van der Waals surface area contributed by atoms with Crippen LogP contribution in [-0.2, 0) is 11.5 Å². The molecule has 0 N–H and O–H groups in total. The fourth-order valence-electron chi connectivity index (χ4n) is 1.39. The minimum absolute atomic E-state index is 0.254. The van der Waals surface area contributed by atoms with E-state index in [4.69, 9.17) is 0 Å². The lowest BCUT2D eigenvalue weighted by Gasteiger charge is -2.00. The van der Waals surface area contributed by atoms with Gasteiger partial charge in [0, 0.05) is 0 Å². The average Bonchev–Trinajstić information content (AvgIpc) is 2.19. The van der Waals surface area contributed by atoms with Gasteiger partial charge in [-0.25, -0.2) is 9.90 Å². The zero-order valence-corrected chi connectivity index (χ0v) is 8.45. The summed E-state index contributed by atoms with van der Waals surface area (Å²) < 4.78 is 0. The summed E-state index contributed by atoms with van der Waals surface area (Å²) in [7, 11) is 0. The molecule has 14 heavy (non-hydrogen) atoms. The molecule has 2 nitrogen and oxygen atoms in total. The van der Waals surface area contributed by atoms with Crippen molar-refractivity contribution < 1.29 is 9.90 Å². The molecule has 0 atom stereocenters. The maximum atomic E-state index is 10.5. The largest absolute Gasteiger partial charge is 0.386 e. The van der Waals surface area contributed by atoms with Crippen LogP contribution >= 0.6 is 0 Å². The number of hydrogen-bond acceptors (Lipinski definition) is 1. The zero-order chi connectivity index (χ0) is 10.4. The van der Waals surface area contributed by atoms with Crippen LogP contribution in [0.5, 0.6) is 0 Å². The van der Waals surface area contributed by atoms with Crippen LogP contribution in [0.2, 0.25) is 0 Å². The molecule has 1 radical (unpaired) electrons. The molecule has 0 saturated carbocycles. The van der Waals surface area contributed by atoms with Gasteiger partial charge in [0.15, 0.2) is 0 Å². The van der Waals surface area contributed by atoms with E-state index < -0.39 is 5.97 Å². The van der Waals surface area contributed by atoms with Crippen molar-refractivity contribution in [2.24, 2.45) is 0 Å². The second-order valence-electron chi connectivity index (χ2n) is 3.44. The molecule has 0 saturated heterocycles. The zero-order valence-electron chi connectivity index (χ0n) is 8.45. The predicted octanol–water partition coefficient (Wildman–Crippen LogP) is 2.99. The van der Waals surface area contributed by atoms with Gasteiger partial charge in [-0.15, -0.1) is 0 Å². The summed E-state index contributed by atoms with van der Waals surface area (Å²) in [6.07, 6.45) is 4.63. The molecule has 0 heterocycles. The first-order chi connectivity index (χ1) is 6.74. The van der Waals surface area contributed by atoms with Crippen LogP contribution in [0.1, 0.15) is 42.1 Å². The standard InChI is InChI=1S/C12H15O2/c1-2-3-4-5-10-6-8-11(9-7-10)12(13)14/h6-9H,2-5H2,1H3. The summed E-state index contributed by atoms with van der Waals surface area (Å²) in [5, 5.41) is 10.5. The van der Waals surface area contributed by atoms with Gasteiger partial charge in [-0.2, -0.15) is 0 Å². The van der Waals surface area contributed by atoms with E-state index >= 15 is 0 Å². The van der Waals surface area contributed by atoms with Gasteiger partial charge in [0.25, 0.3) is 0 Å². The molecule has 2 heteroatoms. The smallest absolute Gasteiger partial charge is 0.242 e. The van der Waals surface area contributed by atoms with Crippen LogP contribution in [0.4, 0.5) is 0 Å². The van der Waals surface area contributed by atoms with Crippen molar-refractivity contribution in [2.75, 3.05) is 0 Å². The maximum absolute atomic E-state index is 10.5. The predicted molar refractivity (Wildman–Crippen MR) is 54.7 cm³/mol. The van der Waals surface area contributed by atoms with Gasteiger partial charge < -0.3 is 0 Å². The Labute approximate surface area is 84.6 Å². The van der Waals surface area contributed by atoms with Crippen molar-refractivity contribution in [1.82, 2.24) is 0 Å². The number of unbranched alkanes of at least 4 members (excludes halogenated alkanes) is 2. The molecule has 0 bridgehead atoms. The van der Waals surface area contributed by atoms with Crippen LogP contribution in [0, 0.1) is 0 Å². The summed E-state index contributed by atoms with van der Waals surface area (Å²) in [6, 6.07) is 6.94. The van der Waals surface area contributed by atoms with Crippen LogP contribution in [0.3, 0.4) is 0 Å². The normalized spacial score (nSPS) is 10.1. The highest BCUT2D eigenvalue weighted by Gasteiger charge is 2.03. The van der Waals surface area contributed by atoms with Crippen LogP contribution in [0.25, 0.3) is 0 Å². The molecule has 75 valence electrons. The van der Waals surface area contributed by atoms with Crippen LogP contribution in [-0.4, -0.2) is 5.97 Å². The Balaban J connectivity index is 2.51. The monoisotopic (exact) mass is 191 g/mol. The van der Waals surface area contributed by atoms with E-state index in [0.29, 0.717) is 0 Å². The lowest BCUT2D eigenvalue weighted by atomic mass is 10.1. The lowest BCUT2D eigenvalue weighted by molar-refractivity contribution is 0.0573. The molecule has 0 amide bonds. The minimum atomic E-state index is -1.11. The summed E-state index contributed by atoms with van der Waals surface area (Å²) in [4.78, 5) is 10.5. The lowest BCUT2D eigenvalue weighted by Crippen LogP contribution is -1.94. The van der Waals surface area contributed by atoms with E-state index in [9.17, 15) is 9.90 Å². The van der Waals surface area contributed by atoms with E-state index in [2.05, 4.69) is 6.92 Å². The average molecular weight is 191 g/mol. The van der Waals surface area contributed by atoms with Crippen LogP contribution in [0.15, 0.2) is 24.3 Å². The Morgan fingerprint density at radius 3 is 2.29 bits per heavy atom. The molecule has 1 rings (SSSR count). The fourth-order valence-corrected chi connectivity index (χ4v) is 1.39. The molecular weight excluding hydrogens is 176 g/mol. The maximum Gasteiger partial charge on any atom is 0.386 e. The molecule has 0 fully saturated rings. The minimum Gasteiger partial charge on any atom is -0.242 e. The molecule has 0 aliphatic carbocycles. The van der Waals surface area contributed by atoms with Gasteiger partial charge in [0.2, 0.25) is 0 Å². The molecule has 0 aromatic heterocycles. The SMILES string of the molecule is CCCCCc1ccc(C([O])=O)cc1. The van der Waals surface area contributed by atoms with Crippen molar-refractivity contribution in [3.8, 4) is 0 Å². The van der Waals surface area contributed by atoms with Crippen molar-refractivity contribution in [3.63, 3.8) is 0 Å². The molecule has 0 unspecified atom stereocenters. The first-order valence-corrected chi connectivity index (χ1v) is 5.04. The first kappa shape index (κ1) is 10.8. The highest BCUT2D eigenvalue weighted by molar-refractivity contribution is 5.87. The Bertz CT molecular complexity index is 288. The van der Waals surface area contributed by atoms with Gasteiger partial charge >= 0.3 is 5.97 Å². The van der Waals surface area contributed by atoms with Crippen molar-refractivity contribution >= 4 is 5.97 Å². The summed E-state index contributed by atoms with van der Waals surface area (Å²) >= 11 is 0. The Morgan fingerprint density at radius 1 is 1.14 bits per heavy atom.